The fourth-order valence-corrected chi connectivity index (χ4v) is 0.402. The zero-order valence-corrected chi connectivity index (χ0v) is 9.68. The molecule has 0 aromatic heterocycles. The summed E-state index contributed by atoms with van der Waals surface area (Å²) >= 11 is 0. The first-order valence-electron chi connectivity index (χ1n) is 1.13. The largest absolute Gasteiger partial charge is 1.00 e. The number of rotatable bonds is 0. The zero-order valence-electron chi connectivity index (χ0n) is 5.11. The summed E-state index contributed by atoms with van der Waals surface area (Å²) in [5, 5.41) is 0. The van der Waals surface area contributed by atoms with Gasteiger partial charge in [0.15, 0.2) is 0 Å². The van der Waals surface area contributed by atoms with E-state index in [0.717, 1.165) is 0 Å². The predicted octanol–water partition coefficient (Wildman–Crippen LogP) is -3.83. The van der Waals surface area contributed by atoms with Crippen LogP contribution >= 0.6 is 7.74 Å². The molecule has 1 aliphatic rings. The van der Waals surface area contributed by atoms with Gasteiger partial charge >= 0.3 is 83.2 Å². The smallest absolute Gasteiger partial charge is 1.00 e. The maximum Gasteiger partial charge on any atom is 1.00 e. The second-order valence-electron chi connectivity index (χ2n) is 0.982. The summed E-state index contributed by atoms with van der Waals surface area (Å²) in [6.45, 7) is 0. The Hall–Kier alpha value is 2.58. The van der Waals surface area contributed by atoms with Gasteiger partial charge in [0.2, 0.25) is 0 Å². The SMILES string of the molecule is OP1(O)(O)OO1.[H-].[K+].[Ti]. The van der Waals surface area contributed by atoms with E-state index in [-0.39, 0.29) is 74.5 Å². The normalized spacial score (nSPS) is 32.1. The predicted molar refractivity (Wildman–Crippen MR) is 16.9 cm³/mol. The van der Waals surface area contributed by atoms with Crippen molar-refractivity contribution in [1.82, 2.24) is 0 Å². The molecule has 1 rings (SSSR count). The van der Waals surface area contributed by atoms with Crippen LogP contribution < -0.4 is 51.4 Å². The van der Waals surface area contributed by atoms with Crippen molar-refractivity contribution < 1.29 is 98.6 Å². The molecule has 0 saturated carbocycles. The maximum absolute atomic E-state index is 7.89. The fraction of sp³-hybridized carbons (Fsp3) is 0. The Kier molecular flexibility index (Phi) is 5.47. The van der Waals surface area contributed by atoms with E-state index in [1.54, 1.807) is 0 Å². The molecular formula is H4KO5PTi. The molecule has 0 aromatic carbocycles. The molecule has 1 heterocycles. The van der Waals surface area contributed by atoms with E-state index in [1.807, 2.05) is 0 Å². The summed E-state index contributed by atoms with van der Waals surface area (Å²) < 4.78 is 6.76. The van der Waals surface area contributed by atoms with Crippen molar-refractivity contribution in [2.75, 3.05) is 0 Å². The van der Waals surface area contributed by atoms with Gasteiger partial charge in [0.1, 0.15) is 0 Å². The van der Waals surface area contributed by atoms with Gasteiger partial charge < -0.3 is 1.43 Å². The Morgan fingerprint density at radius 1 is 1.12 bits per heavy atom. The van der Waals surface area contributed by atoms with Crippen molar-refractivity contribution in [1.29, 1.82) is 0 Å². The second kappa shape index (κ2) is 3.32. The summed E-state index contributed by atoms with van der Waals surface area (Å²) in [5.74, 6) is 0. The standard InChI is InChI=1S/K.H3O5P.Ti.H/c;1-6(2,3)4-5-6;;/h;1-3H;;/q+1;;;-1. The van der Waals surface area contributed by atoms with Crippen LogP contribution in [-0.2, 0) is 31.1 Å². The van der Waals surface area contributed by atoms with Gasteiger partial charge in [-0.05, 0) is 0 Å². The molecule has 0 aromatic rings. The average molecular weight is 202 g/mol. The van der Waals surface area contributed by atoms with E-state index in [9.17, 15) is 0 Å². The van der Waals surface area contributed by atoms with Crippen molar-refractivity contribution in [3.8, 4) is 0 Å². The van der Waals surface area contributed by atoms with Gasteiger partial charge in [0.05, 0.1) is 0 Å². The Morgan fingerprint density at radius 3 is 1.25 bits per heavy atom. The Balaban J connectivity index is -0.000000120. The van der Waals surface area contributed by atoms with E-state index in [1.165, 1.54) is 0 Å². The van der Waals surface area contributed by atoms with Gasteiger partial charge in [-0.25, -0.2) is 0 Å². The minimum absolute atomic E-state index is 0. The zero-order chi connectivity index (χ0) is 4.86. The minimum atomic E-state index is -4.80. The first-order valence-corrected chi connectivity index (χ1v) is 3.06. The van der Waals surface area contributed by atoms with Gasteiger partial charge in [-0.15, -0.1) is 0 Å². The van der Waals surface area contributed by atoms with Gasteiger partial charge in [-0.2, -0.15) is 0 Å². The maximum atomic E-state index is 7.89. The monoisotopic (exact) mass is 202 g/mol. The third kappa shape index (κ3) is 5.37. The van der Waals surface area contributed by atoms with Gasteiger partial charge in [0, 0.05) is 21.7 Å². The molecule has 0 aliphatic carbocycles. The van der Waals surface area contributed by atoms with Crippen molar-refractivity contribution >= 4 is 7.74 Å². The summed E-state index contributed by atoms with van der Waals surface area (Å²) in [5.41, 5.74) is 0. The Morgan fingerprint density at radius 2 is 1.25 bits per heavy atom. The van der Waals surface area contributed by atoms with E-state index in [4.69, 9.17) is 14.7 Å². The van der Waals surface area contributed by atoms with Crippen LogP contribution in [0.1, 0.15) is 1.43 Å². The Labute approximate surface area is 104 Å². The number of hydrogen-bond donors (Lipinski definition) is 3. The van der Waals surface area contributed by atoms with Crippen molar-refractivity contribution in [2.24, 2.45) is 0 Å². The van der Waals surface area contributed by atoms with Crippen LogP contribution in [0.3, 0.4) is 0 Å². The molecule has 0 bridgehead atoms. The van der Waals surface area contributed by atoms with E-state index in [2.05, 4.69) is 9.35 Å². The van der Waals surface area contributed by atoms with Crippen molar-refractivity contribution in [3.63, 3.8) is 0 Å². The minimum Gasteiger partial charge on any atom is -1.00 e. The van der Waals surface area contributed by atoms with Crippen LogP contribution in [0, 0.1) is 0 Å². The van der Waals surface area contributed by atoms with E-state index >= 15 is 0 Å². The van der Waals surface area contributed by atoms with Gasteiger partial charge in [-0.3, -0.25) is 0 Å². The van der Waals surface area contributed by atoms with Gasteiger partial charge in [0.25, 0.3) is 0 Å². The molecule has 1 saturated heterocycles. The molecule has 0 spiro atoms. The molecule has 8 heavy (non-hydrogen) atoms. The quantitative estimate of drug-likeness (QED) is 0.162. The molecule has 5 nitrogen and oxygen atoms in total. The molecule has 0 atom stereocenters. The third-order valence-corrected chi connectivity index (χ3v) is 0.824. The first-order chi connectivity index (χ1) is 2.47. The summed E-state index contributed by atoms with van der Waals surface area (Å²) in [4.78, 5) is 23.7. The van der Waals surface area contributed by atoms with Crippen LogP contribution in [0.2, 0.25) is 0 Å². The van der Waals surface area contributed by atoms with Crippen molar-refractivity contribution in [3.05, 3.63) is 0 Å². The van der Waals surface area contributed by atoms with Crippen LogP contribution in [0.15, 0.2) is 0 Å². The van der Waals surface area contributed by atoms with E-state index < -0.39 is 7.74 Å². The van der Waals surface area contributed by atoms with Gasteiger partial charge in [-0.1, -0.05) is 0 Å². The van der Waals surface area contributed by atoms with Crippen LogP contribution in [0.5, 0.6) is 0 Å². The summed E-state index contributed by atoms with van der Waals surface area (Å²) in [6, 6.07) is 0. The van der Waals surface area contributed by atoms with Crippen LogP contribution in [-0.4, -0.2) is 14.7 Å². The molecule has 3 N–H and O–H groups in total. The first kappa shape index (κ1) is 13.2. The van der Waals surface area contributed by atoms with Crippen LogP contribution in [0.25, 0.3) is 0 Å². The Bertz CT molecular complexity index is 80.7. The van der Waals surface area contributed by atoms with Crippen molar-refractivity contribution in [2.45, 2.75) is 0 Å². The molecule has 1 fully saturated rings. The molecule has 8 heteroatoms. The fourth-order valence-electron chi connectivity index (χ4n) is 0.0447. The molecule has 0 amide bonds. The average Bonchev–Trinajstić information content (AvgIpc) is 1.73. The topological polar surface area (TPSA) is 85.8 Å². The molecule has 1 aliphatic heterocycles. The molecular weight excluding hydrogens is 198 g/mol. The molecule has 0 radical (unpaired) electrons. The molecule has 0 unspecified atom stereocenters. The van der Waals surface area contributed by atoms with Crippen LogP contribution in [0.4, 0.5) is 0 Å². The van der Waals surface area contributed by atoms with E-state index in [0.29, 0.717) is 0 Å². The number of hydrogen-bond acceptors (Lipinski definition) is 5. The third-order valence-electron chi connectivity index (χ3n) is 0.275. The summed E-state index contributed by atoms with van der Waals surface area (Å²) in [7, 11) is -4.80. The molecule has 44 valence electrons. The second-order valence-corrected chi connectivity index (χ2v) is 2.95. The summed E-state index contributed by atoms with van der Waals surface area (Å²) in [6.07, 6.45) is 0.